The van der Waals surface area contributed by atoms with Crippen molar-refractivity contribution in [2.75, 3.05) is 6.61 Å². The zero-order chi connectivity index (χ0) is 27.4. The Balaban J connectivity index is 1.80. The molecule has 4 aliphatic carbocycles. The summed E-state index contributed by atoms with van der Waals surface area (Å²) in [6.07, 6.45) is 4.93. The van der Waals surface area contributed by atoms with Crippen molar-refractivity contribution in [2.24, 2.45) is 28.6 Å². The van der Waals surface area contributed by atoms with E-state index in [1.807, 2.05) is 20.8 Å². The molecule has 3 saturated carbocycles. The standard InChI is InChI=1S/C29H39FO7/c1-6-8-25(35)37-29(23(33)16-36-24(34)7-2)17(3)13-21-20-10-9-18-14-19(31)11-12-26(18,4)28(20,30)22(32)15-27(21,29)5/h11-12,14,17,20-22,32H,6-10,13,15-16H2,1-5H3/t17-,20?,21?,22-,26?,27?,28-,29-/m0/s1. The molecule has 4 rings (SSSR count). The van der Waals surface area contributed by atoms with Crippen LogP contribution in [-0.4, -0.2) is 52.6 Å². The Hall–Kier alpha value is -2.35. The van der Waals surface area contributed by atoms with Gasteiger partial charge in [-0.25, -0.2) is 4.39 Å². The van der Waals surface area contributed by atoms with E-state index >= 15 is 4.39 Å². The van der Waals surface area contributed by atoms with Gasteiger partial charge in [0.05, 0.1) is 6.10 Å². The fourth-order valence-corrected chi connectivity index (χ4v) is 8.19. The van der Waals surface area contributed by atoms with E-state index in [0.717, 1.165) is 0 Å². The molecule has 0 bridgehead atoms. The quantitative estimate of drug-likeness (QED) is 0.503. The molecule has 0 radical (unpaired) electrons. The highest BCUT2D eigenvalue weighted by Crippen LogP contribution is 2.71. The van der Waals surface area contributed by atoms with E-state index in [2.05, 4.69) is 0 Å². The molecule has 0 spiro atoms. The van der Waals surface area contributed by atoms with Gasteiger partial charge < -0.3 is 14.6 Å². The molecule has 4 aliphatic rings. The summed E-state index contributed by atoms with van der Waals surface area (Å²) >= 11 is 0. The SMILES string of the molecule is CCCC(=O)O[C@]1(C(=O)COC(=O)CC)[C@@H](C)CC2C3CCC4=CC(=O)C=CC4(C)[C@@]3(F)[C@@H](O)CC21C. The molecule has 0 aromatic heterocycles. The summed E-state index contributed by atoms with van der Waals surface area (Å²) < 4.78 is 28.7. The third-order valence-corrected chi connectivity index (χ3v) is 9.98. The van der Waals surface area contributed by atoms with Crippen LogP contribution < -0.4 is 0 Å². The minimum atomic E-state index is -2.06. The molecule has 8 atom stereocenters. The molecule has 1 N–H and O–H groups in total. The number of carbonyl (C=O) groups excluding carboxylic acids is 4. The van der Waals surface area contributed by atoms with Crippen LogP contribution in [0.4, 0.5) is 4.39 Å². The molecule has 8 heteroatoms. The van der Waals surface area contributed by atoms with Crippen LogP contribution in [0.1, 0.15) is 79.6 Å². The number of ketones is 2. The summed E-state index contributed by atoms with van der Waals surface area (Å²) in [6, 6.07) is 0. The minimum absolute atomic E-state index is 0.0982. The van der Waals surface area contributed by atoms with Gasteiger partial charge in [-0.15, -0.1) is 0 Å². The van der Waals surface area contributed by atoms with Crippen LogP contribution in [0.15, 0.2) is 23.8 Å². The largest absolute Gasteiger partial charge is 0.457 e. The van der Waals surface area contributed by atoms with Crippen molar-refractivity contribution in [3.05, 3.63) is 23.8 Å². The summed E-state index contributed by atoms with van der Waals surface area (Å²) in [6.45, 7) is 8.29. The first-order valence-electron chi connectivity index (χ1n) is 13.5. The van der Waals surface area contributed by atoms with Crippen LogP contribution in [0.2, 0.25) is 0 Å². The highest BCUT2D eigenvalue weighted by Gasteiger charge is 2.77. The van der Waals surface area contributed by atoms with Crippen LogP contribution in [-0.2, 0) is 28.7 Å². The molecule has 7 nitrogen and oxygen atoms in total. The smallest absolute Gasteiger partial charge is 0.306 e. The molecule has 4 unspecified atom stereocenters. The lowest BCUT2D eigenvalue weighted by atomic mass is 9.44. The molecular weight excluding hydrogens is 479 g/mol. The van der Waals surface area contributed by atoms with Gasteiger partial charge in [0.2, 0.25) is 5.78 Å². The second kappa shape index (κ2) is 9.44. The highest BCUT2D eigenvalue weighted by molar-refractivity contribution is 6.01. The number of Topliss-reactive ketones (excluding diaryl/α,β-unsaturated/α-hetero) is 1. The first-order chi connectivity index (χ1) is 17.3. The summed E-state index contributed by atoms with van der Waals surface area (Å²) in [4.78, 5) is 50.7. The van der Waals surface area contributed by atoms with Crippen molar-refractivity contribution >= 4 is 23.5 Å². The molecule has 0 aromatic rings. The number of alkyl halides is 1. The molecule has 0 saturated heterocycles. The van der Waals surface area contributed by atoms with Gasteiger partial charge in [0.15, 0.2) is 23.7 Å². The average Bonchev–Trinajstić information content (AvgIpc) is 3.05. The Kier molecular flexibility index (Phi) is 7.06. The number of aliphatic hydroxyl groups is 1. The van der Waals surface area contributed by atoms with Crippen LogP contribution in [0, 0.1) is 28.6 Å². The Morgan fingerprint density at radius 3 is 2.51 bits per heavy atom. The Bertz CT molecular complexity index is 1060. The van der Waals surface area contributed by atoms with Crippen LogP contribution in [0.25, 0.3) is 0 Å². The number of hydrogen-bond acceptors (Lipinski definition) is 7. The summed E-state index contributed by atoms with van der Waals surface area (Å²) in [5.74, 6) is -3.26. The number of esters is 2. The number of ether oxygens (including phenoxy) is 2. The maximum absolute atomic E-state index is 17.4. The fraction of sp³-hybridized carbons (Fsp3) is 0.724. The van der Waals surface area contributed by atoms with Gasteiger partial charge in [0, 0.05) is 35.5 Å². The van der Waals surface area contributed by atoms with Crippen LogP contribution in [0.3, 0.4) is 0 Å². The predicted octanol–water partition coefficient (Wildman–Crippen LogP) is 4.21. The topological polar surface area (TPSA) is 107 Å². The normalized spacial score (nSPS) is 42.2. The van der Waals surface area contributed by atoms with Crippen molar-refractivity contribution in [2.45, 2.75) is 96.9 Å². The van der Waals surface area contributed by atoms with E-state index in [9.17, 15) is 24.3 Å². The average molecular weight is 519 g/mol. The fourth-order valence-electron chi connectivity index (χ4n) is 8.19. The van der Waals surface area contributed by atoms with E-state index in [1.165, 1.54) is 12.2 Å². The van der Waals surface area contributed by atoms with Crippen LogP contribution in [0.5, 0.6) is 0 Å². The van der Waals surface area contributed by atoms with E-state index < -0.39 is 64.4 Å². The molecule has 3 fully saturated rings. The van der Waals surface area contributed by atoms with Gasteiger partial charge in [-0.2, -0.15) is 0 Å². The highest BCUT2D eigenvalue weighted by atomic mass is 19.1. The maximum atomic E-state index is 17.4. The lowest BCUT2D eigenvalue weighted by Gasteiger charge is -2.62. The zero-order valence-corrected chi connectivity index (χ0v) is 22.5. The number of carbonyl (C=O) groups is 4. The van der Waals surface area contributed by atoms with Crippen molar-refractivity contribution in [1.29, 1.82) is 0 Å². The minimum Gasteiger partial charge on any atom is -0.457 e. The van der Waals surface area contributed by atoms with Gasteiger partial charge >= 0.3 is 11.9 Å². The number of rotatable bonds is 7. The van der Waals surface area contributed by atoms with Gasteiger partial charge in [0.1, 0.15) is 0 Å². The lowest BCUT2D eigenvalue weighted by Crippen LogP contribution is -2.70. The maximum Gasteiger partial charge on any atom is 0.306 e. The second-order valence-electron chi connectivity index (χ2n) is 11.8. The number of aliphatic hydroxyl groups excluding tert-OH is 1. The Morgan fingerprint density at radius 2 is 1.86 bits per heavy atom. The number of halogens is 1. The number of allylic oxidation sites excluding steroid dienone is 4. The number of hydrogen-bond donors (Lipinski definition) is 1. The van der Waals surface area contributed by atoms with Crippen molar-refractivity contribution in [1.82, 2.24) is 0 Å². The van der Waals surface area contributed by atoms with E-state index in [4.69, 9.17) is 9.47 Å². The van der Waals surface area contributed by atoms with Crippen molar-refractivity contribution < 1.29 is 38.1 Å². The van der Waals surface area contributed by atoms with Gasteiger partial charge in [-0.3, -0.25) is 19.2 Å². The van der Waals surface area contributed by atoms with E-state index in [0.29, 0.717) is 31.3 Å². The third kappa shape index (κ3) is 3.76. The molecular formula is C29H39FO7. The Labute approximate surface area is 217 Å². The van der Waals surface area contributed by atoms with E-state index in [1.54, 1.807) is 19.9 Å². The molecule has 0 aliphatic heterocycles. The van der Waals surface area contributed by atoms with Crippen LogP contribution >= 0.6 is 0 Å². The summed E-state index contributed by atoms with van der Waals surface area (Å²) in [5.41, 5.74) is -5.26. The van der Waals surface area contributed by atoms with Crippen molar-refractivity contribution in [3.63, 3.8) is 0 Å². The molecule has 0 heterocycles. The zero-order valence-electron chi connectivity index (χ0n) is 22.5. The summed E-state index contributed by atoms with van der Waals surface area (Å²) in [7, 11) is 0. The van der Waals surface area contributed by atoms with E-state index in [-0.39, 0.29) is 31.0 Å². The molecule has 0 aromatic carbocycles. The van der Waals surface area contributed by atoms with Gasteiger partial charge in [-0.1, -0.05) is 39.3 Å². The monoisotopic (exact) mass is 518 g/mol. The van der Waals surface area contributed by atoms with Crippen molar-refractivity contribution in [3.8, 4) is 0 Å². The molecule has 204 valence electrons. The van der Waals surface area contributed by atoms with Gasteiger partial charge in [-0.05, 0) is 57.1 Å². The second-order valence-corrected chi connectivity index (χ2v) is 11.8. The molecule has 37 heavy (non-hydrogen) atoms. The number of fused-ring (bicyclic) bond motifs is 5. The van der Waals surface area contributed by atoms with Gasteiger partial charge in [0.25, 0.3) is 0 Å². The lowest BCUT2D eigenvalue weighted by molar-refractivity contribution is -0.228. The molecule has 0 amide bonds. The Morgan fingerprint density at radius 1 is 1.16 bits per heavy atom. The first-order valence-corrected chi connectivity index (χ1v) is 13.5. The summed E-state index contributed by atoms with van der Waals surface area (Å²) in [5, 5.41) is 11.6. The first kappa shape index (κ1) is 27.7. The predicted molar refractivity (Wildman–Crippen MR) is 133 cm³/mol. The third-order valence-electron chi connectivity index (χ3n) is 9.98.